The number of hydrogen-bond donors (Lipinski definition) is 2. The molecule has 31 heavy (non-hydrogen) atoms. The normalized spacial score (nSPS) is 11.5. The second-order valence-corrected chi connectivity index (χ2v) is 6.94. The van der Waals surface area contributed by atoms with Gasteiger partial charge in [-0.25, -0.2) is 4.98 Å². The number of alkyl halides is 3. The summed E-state index contributed by atoms with van der Waals surface area (Å²) in [5.74, 6) is 0.430. The summed E-state index contributed by atoms with van der Waals surface area (Å²) >= 11 is 0. The molecule has 2 heterocycles. The van der Waals surface area contributed by atoms with Crippen molar-refractivity contribution in [2.45, 2.75) is 6.18 Å². The maximum atomic E-state index is 13.4. The van der Waals surface area contributed by atoms with Gasteiger partial charge in [-0.3, -0.25) is 4.98 Å². The van der Waals surface area contributed by atoms with E-state index >= 15 is 0 Å². The van der Waals surface area contributed by atoms with E-state index in [9.17, 15) is 13.2 Å². The number of nitrogens with one attached hydrogen (secondary N) is 2. The van der Waals surface area contributed by atoms with Gasteiger partial charge in [-0.2, -0.15) is 18.2 Å². The van der Waals surface area contributed by atoms with E-state index in [0.717, 1.165) is 12.6 Å². The summed E-state index contributed by atoms with van der Waals surface area (Å²) in [6, 6.07) is 10.8. The standard InChI is InChI=1S/C21H23F3N6O/c1-30(2)11-10-26-20-28-17(16-6-4-5-9-25-16)13-19(29-20)27-14-7-8-18(31-3)15(12-14)21(22,23)24/h4-9,12-13H,10-11H2,1-3H3,(H2,26,27,28,29). The first-order valence-corrected chi connectivity index (χ1v) is 9.47. The lowest BCUT2D eigenvalue weighted by Gasteiger charge is -2.15. The number of pyridine rings is 1. The largest absolute Gasteiger partial charge is 0.496 e. The molecule has 1 aromatic carbocycles. The van der Waals surface area contributed by atoms with Gasteiger partial charge >= 0.3 is 6.18 Å². The van der Waals surface area contributed by atoms with E-state index in [0.29, 0.717) is 29.7 Å². The Labute approximate surface area is 178 Å². The third-order valence-electron chi connectivity index (χ3n) is 4.27. The number of methoxy groups -OCH3 is 1. The number of likely N-dealkylation sites (N-methyl/N-ethyl adjacent to an activating group) is 1. The van der Waals surface area contributed by atoms with Gasteiger partial charge in [0, 0.05) is 31.0 Å². The van der Waals surface area contributed by atoms with Crippen LogP contribution in [0.1, 0.15) is 5.56 Å². The predicted octanol–water partition coefficient (Wildman–Crippen LogP) is 4.28. The average molecular weight is 432 g/mol. The van der Waals surface area contributed by atoms with E-state index < -0.39 is 11.7 Å². The number of nitrogens with zero attached hydrogens (tertiary/aromatic N) is 4. The molecular weight excluding hydrogens is 409 g/mol. The number of benzene rings is 1. The fraction of sp³-hybridized carbons (Fsp3) is 0.286. The zero-order valence-electron chi connectivity index (χ0n) is 17.4. The molecule has 164 valence electrons. The van der Waals surface area contributed by atoms with Crippen LogP contribution in [-0.2, 0) is 6.18 Å². The molecule has 7 nitrogen and oxygen atoms in total. The van der Waals surface area contributed by atoms with Gasteiger partial charge < -0.3 is 20.3 Å². The molecule has 0 aliphatic heterocycles. The number of ether oxygens (including phenoxy) is 1. The lowest BCUT2D eigenvalue weighted by atomic mass is 10.1. The summed E-state index contributed by atoms with van der Waals surface area (Å²) < 4.78 is 44.9. The van der Waals surface area contributed by atoms with Gasteiger partial charge in [0.1, 0.15) is 11.6 Å². The first kappa shape index (κ1) is 22.3. The number of aromatic nitrogens is 3. The molecule has 0 amide bonds. The molecule has 3 rings (SSSR count). The topological polar surface area (TPSA) is 75.2 Å². The Balaban J connectivity index is 1.94. The minimum absolute atomic E-state index is 0.220. The maximum absolute atomic E-state index is 13.4. The number of halogens is 3. The van der Waals surface area contributed by atoms with E-state index in [1.807, 2.05) is 25.1 Å². The molecule has 0 spiro atoms. The lowest BCUT2D eigenvalue weighted by molar-refractivity contribution is -0.138. The van der Waals surface area contributed by atoms with E-state index in [4.69, 9.17) is 4.74 Å². The zero-order chi connectivity index (χ0) is 22.4. The van der Waals surface area contributed by atoms with E-state index in [1.54, 1.807) is 24.4 Å². The predicted molar refractivity (Wildman–Crippen MR) is 114 cm³/mol. The van der Waals surface area contributed by atoms with Gasteiger partial charge in [0.25, 0.3) is 0 Å². The van der Waals surface area contributed by atoms with Crippen molar-refractivity contribution in [3.63, 3.8) is 0 Å². The Kier molecular flexibility index (Phi) is 6.91. The number of rotatable bonds is 8. The van der Waals surface area contributed by atoms with Gasteiger partial charge in [-0.15, -0.1) is 0 Å². The van der Waals surface area contributed by atoms with Crippen molar-refractivity contribution in [2.75, 3.05) is 44.9 Å². The molecule has 0 saturated carbocycles. The summed E-state index contributed by atoms with van der Waals surface area (Å²) in [5, 5.41) is 6.07. The molecule has 2 N–H and O–H groups in total. The van der Waals surface area contributed by atoms with Crippen LogP contribution < -0.4 is 15.4 Å². The molecule has 0 atom stereocenters. The fourth-order valence-electron chi connectivity index (χ4n) is 2.78. The van der Waals surface area contributed by atoms with Gasteiger partial charge in [0.15, 0.2) is 0 Å². The molecule has 2 aromatic heterocycles. The van der Waals surface area contributed by atoms with Gasteiger partial charge in [-0.1, -0.05) is 6.07 Å². The molecule has 10 heteroatoms. The van der Waals surface area contributed by atoms with E-state index in [-0.39, 0.29) is 11.4 Å². The van der Waals surface area contributed by atoms with E-state index in [2.05, 4.69) is 25.6 Å². The molecule has 0 unspecified atom stereocenters. The van der Waals surface area contributed by atoms with Crippen molar-refractivity contribution < 1.29 is 17.9 Å². The van der Waals surface area contributed by atoms with Crippen molar-refractivity contribution in [1.82, 2.24) is 19.9 Å². The molecule has 3 aromatic rings. The van der Waals surface area contributed by atoms with Crippen molar-refractivity contribution in [3.05, 3.63) is 54.2 Å². The molecule has 0 bridgehead atoms. The fourth-order valence-corrected chi connectivity index (χ4v) is 2.78. The number of anilines is 3. The Morgan fingerprint density at radius 2 is 1.84 bits per heavy atom. The Morgan fingerprint density at radius 1 is 1.03 bits per heavy atom. The zero-order valence-corrected chi connectivity index (χ0v) is 17.4. The van der Waals surface area contributed by atoms with Gasteiger partial charge in [0.05, 0.1) is 24.1 Å². The van der Waals surface area contributed by atoms with Crippen LogP contribution >= 0.6 is 0 Å². The third-order valence-corrected chi connectivity index (χ3v) is 4.27. The van der Waals surface area contributed by atoms with Crippen LogP contribution in [0, 0.1) is 0 Å². The van der Waals surface area contributed by atoms with Crippen LogP contribution in [0.2, 0.25) is 0 Å². The highest BCUT2D eigenvalue weighted by atomic mass is 19.4. The molecule has 0 saturated heterocycles. The summed E-state index contributed by atoms with van der Waals surface area (Å²) in [4.78, 5) is 15.2. The first-order chi connectivity index (χ1) is 14.8. The smallest absolute Gasteiger partial charge is 0.420 e. The second-order valence-electron chi connectivity index (χ2n) is 6.94. The van der Waals surface area contributed by atoms with Crippen LogP contribution in [0.4, 0.5) is 30.6 Å². The lowest BCUT2D eigenvalue weighted by Crippen LogP contribution is -2.21. The maximum Gasteiger partial charge on any atom is 0.420 e. The van der Waals surface area contributed by atoms with E-state index in [1.165, 1.54) is 19.2 Å². The third kappa shape index (κ3) is 6.05. The molecule has 0 aliphatic carbocycles. The Bertz CT molecular complexity index is 1010. The summed E-state index contributed by atoms with van der Waals surface area (Å²) in [7, 11) is 5.09. The van der Waals surface area contributed by atoms with Crippen molar-refractivity contribution in [1.29, 1.82) is 0 Å². The van der Waals surface area contributed by atoms with Crippen LogP contribution in [0.25, 0.3) is 11.4 Å². The molecule has 0 radical (unpaired) electrons. The highest BCUT2D eigenvalue weighted by Crippen LogP contribution is 2.38. The van der Waals surface area contributed by atoms with Crippen LogP contribution in [0.3, 0.4) is 0 Å². The number of hydrogen-bond acceptors (Lipinski definition) is 7. The summed E-state index contributed by atoms with van der Waals surface area (Å²) in [6.45, 7) is 1.35. The quantitative estimate of drug-likeness (QED) is 0.550. The summed E-state index contributed by atoms with van der Waals surface area (Å²) in [6.07, 6.45) is -2.91. The second kappa shape index (κ2) is 9.61. The van der Waals surface area contributed by atoms with Crippen LogP contribution in [0.5, 0.6) is 5.75 Å². The molecule has 0 fully saturated rings. The molecule has 0 aliphatic rings. The van der Waals surface area contributed by atoms with Gasteiger partial charge in [-0.05, 0) is 44.4 Å². The molecular formula is C21H23F3N6O. The highest BCUT2D eigenvalue weighted by molar-refractivity contribution is 5.66. The SMILES string of the molecule is COc1ccc(Nc2cc(-c3ccccn3)nc(NCCN(C)C)n2)cc1C(F)(F)F. The van der Waals surface area contributed by atoms with Crippen molar-refractivity contribution in [2.24, 2.45) is 0 Å². The first-order valence-electron chi connectivity index (χ1n) is 9.47. The summed E-state index contributed by atoms with van der Waals surface area (Å²) in [5.41, 5.74) is 0.505. The monoisotopic (exact) mass is 432 g/mol. The van der Waals surface area contributed by atoms with Crippen molar-refractivity contribution >= 4 is 17.5 Å². The minimum atomic E-state index is -4.55. The van der Waals surface area contributed by atoms with Gasteiger partial charge in [0.2, 0.25) is 5.95 Å². The Hall–Kier alpha value is -3.40. The minimum Gasteiger partial charge on any atom is -0.496 e. The van der Waals surface area contributed by atoms with Crippen LogP contribution in [-0.4, -0.2) is 54.1 Å². The highest BCUT2D eigenvalue weighted by Gasteiger charge is 2.34. The van der Waals surface area contributed by atoms with Crippen molar-refractivity contribution in [3.8, 4) is 17.1 Å². The average Bonchev–Trinajstić information content (AvgIpc) is 2.73. The van der Waals surface area contributed by atoms with Crippen LogP contribution in [0.15, 0.2) is 48.7 Å². The Morgan fingerprint density at radius 3 is 2.48 bits per heavy atom.